The Balaban J connectivity index is 2.05. The van der Waals surface area contributed by atoms with Crippen LogP contribution >= 0.6 is 0 Å². The van der Waals surface area contributed by atoms with Crippen LogP contribution in [0, 0.1) is 0 Å². The van der Waals surface area contributed by atoms with Crippen molar-refractivity contribution in [3.8, 4) is 5.75 Å². The fourth-order valence-corrected chi connectivity index (χ4v) is 2.27. The van der Waals surface area contributed by atoms with Gasteiger partial charge in [-0.2, -0.15) is 0 Å². The fraction of sp³-hybridized carbons (Fsp3) is 0.316. The lowest BCUT2D eigenvalue weighted by Crippen LogP contribution is -2.11. The fourth-order valence-electron chi connectivity index (χ4n) is 2.27. The Morgan fingerprint density at radius 3 is 2.38 bits per heavy atom. The molecular weight excluding hydrogens is 258 g/mol. The van der Waals surface area contributed by atoms with E-state index < -0.39 is 0 Å². The van der Waals surface area contributed by atoms with E-state index in [4.69, 9.17) is 0 Å². The van der Waals surface area contributed by atoms with Crippen molar-refractivity contribution in [1.82, 2.24) is 0 Å². The molecule has 0 heterocycles. The molecule has 2 rings (SSSR count). The largest absolute Gasteiger partial charge is 0.507 e. The number of hydrogen-bond donors (Lipinski definition) is 1. The van der Waals surface area contributed by atoms with E-state index in [1.54, 1.807) is 6.21 Å². The maximum atomic E-state index is 10.3. The van der Waals surface area contributed by atoms with Gasteiger partial charge in [-0.15, -0.1) is 0 Å². The summed E-state index contributed by atoms with van der Waals surface area (Å²) in [5.41, 5.74) is 2.95. The molecule has 0 atom stereocenters. The van der Waals surface area contributed by atoms with Crippen LogP contribution in [-0.2, 0) is 11.8 Å². The Kier molecular flexibility index (Phi) is 4.79. The molecule has 21 heavy (non-hydrogen) atoms. The molecule has 2 heteroatoms. The highest BCUT2D eigenvalue weighted by Gasteiger charge is 2.18. The number of nitrogens with zero attached hydrogens (tertiary/aromatic N) is 1. The molecular formula is C19H23NO. The van der Waals surface area contributed by atoms with Crippen LogP contribution in [0.1, 0.15) is 37.5 Å². The average Bonchev–Trinajstić information content (AvgIpc) is 2.45. The maximum Gasteiger partial charge on any atom is 0.128 e. The summed E-state index contributed by atoms with van der Waals surface area (Å²) in [5.74, 6) is 0.341. The van der Waals surface area contributed by atoms with Gasteiger partial charge in [0.1, 0.15) is 5.75 Å². The highest BCUT2D eigenvalue weighted by atomic mass is 16.3. The first-order valence-corrected chi connectivity index (χ1v) is 7.34. The minimum absolute atomic E-state index is 0.0715. The quantitative estimate of drug-likeness (QED) is 0.830. The van der Waals surface area contributed by atoms with Crippen molar-refractivity contribution in [3.05, 3.63) is 65.2 Å². The molecule has 0 spiro atoms. The average molecular weight is 281 g/mol. The third kappa shape index (κ3) is 4.19. The predicted molar refractivity (Wildman–Crippen MR) is 89.4 cm³/mol. The molecule has 0 fully saturated rings. The van der Waals surface area contributed by atoms with Crippen molar-refractivity contribution in [3.63, 3.8) is 0 Å². The number of aromatic hydroxyl groups is 1. The number of benzene rings is 2. The van der Waals surface area contributed by atoms with Crippen molar-refractivity contribution in [2.24, 2.45) is 4.99 Å². The van der Waals surface area contributed by atoms with E-state index in [2.05, 4.69) is 37.9 Å². The standard InChI is InChI=1S/C19H23NO/c1-19(2,3)17-11-7-10-16(18(17)21)14-20-13-12-15-8-5-4-6-9-15/h4-11,14,21H,12-13H2,1-3H3. The maximum absolute atomic E-state index is 10.3. The van der Waals surface area contributed by atoms with E-state index in [9.17, 15) is 5.11 Å². The second-order valence-electron chi connectivity index (χ2n) is 6.26. The summed E-state index contributed by atoms with van der Waals surface area (Å²) in [6, 6.07) is 16.1. The van der Waals surface area contributed by atoms with Crippen LogP contribution in [0.2, 0.25) is 0 Å². The number of aliphatic imine (C=N–C) groups is 1. The topological polar surface area (TPSA) is 32.6 Å². The lowest BCUT2D eigenvalue weighted by Gasteiger charge is -2.21. The first-order chi connectivity index (χ1) is 9.98. The highest BCUT2D eigenvalue weighted by Crippen LogP contribution is 2.32. The number of para-hydroxylation sites is 1. The molecule has 0 saturated heterocycles. The minimum atomic E-state index is -0.0715. The summed E-state index contributed by atoms with van der Waals surface area (Å²) in [6.07, 6.45) is 2.69. The molecule has 2 aromatic carbocycles. The molecule has 110 valence electrons. The summed E-state index contributed by atoms with van der Waals surface area (Å²) in [4.78, 5) is 4.44. The highest BCUT2D eigenvalue weighted by molar-refractivity contribution is 5.84. The summed E-state index contributed by atoms with van der Waals surface area (Å²) >= 11 is 0. The first kappa shape index (κ1) is 15.3. The van der Waals surface area contributed by atoms with Crippen LogP contribution in [0.15, 0.2) is 53.5 Å². The molecule has 0 aliphatic carbocycles. The molecule has 1 N–H and O–H groups in total. The van der Waals surface area contributed by atoms with E-state index in [1.807, 2.05) is 36.4 Å². The number of phenols is 1. The molecule has 0 bridgehead atoms. The lowest BCUT2D eigenvalue weighted by atomic mass is 9.85. The van der Waals surface area contributed by atoms with Gasteiger partial charge in [0, 0.05) is 18.3 Å². The Hall–Kier alpha value is -2.09. The van der Waals surface area contributed by atoms with E-state index in [0.717, 1.165) is 24.1 Å². The van der Waals surface area contributed by atoms with Gasteiger partial charge in [-0.25, -0.2) is 0 Å². The zero-order chi connectivity index (χ0) is 15.3. The Bertz CT molecular complexity index is 609. The van der Waals surface area contributed by atoms with Gasteiger partial charge in [0.15, 0.2) is 0 Å². The molecule has 2 aromatic rings. The van der Waals surface area contributed by atoms with Crippen LogP contribution in [0.5, 0.6) is 5.75 Å². The van der Waals surface area contributed by atoms with E-state index in [-0.39, 0.29) is 5.41 Å². The van der Waals surface area contributed by atoms with E-state index in [0.29, 0.717) is 5.75 Å². The van der Waals surface area contributed by atoms with Crippen LogP contribution < -0.4 is 0 Å². The molecule has 0 amide bonds. The van der Waals surface area contributed by atoms with Crippen LogP contribution in [0.25, 0.3) is 0 Å². The van der Waals surface area contributed by atoms with Gasteiger partial charge < -0.3 is 5.11 Å². The van der Waals surface area contributed by atoms with Gasteiger partial charge in [0.25, 0.3) is 0 Å². The van der Waals surface area contributed by atoms with Crippen molar-refractivity contribution in [2.45, 2.75) is 32.6 Å². The van der Waals surface area contributed by atoms with Crippen molar-refractivity contribution in [1.29, 1.82) is 0 Å². The van der Waals surface area contributed by atoms with Crippen LogP contribution in [0.3, 0.4) is 0 Å². The summed E-state index contributed by atoms with van der Waals surface area (Å²) < 4.78 is 0. The summed E-state index contributed by atoms with van der Waals surface area (Å²) in [7, 11) is 0. The van der Waals surface area contributed by atoms with Crippen LogP contribution in [-0.4, -0.2) is 17.9 Å². The van der Waals surface area contributed by atoms with Gasteiger partial charge in [0.2, 0.25) is 0 Å². The van der Waals surface area contributed by atoms with Gasteiger partial charge in [-0.3, -0.25) is 4.99 Å². The van der Waals surface area contributed by atoms with Crippen molar-refractivity contribution < 1.29 is 5.11 Å². The Morgan fingerprint density at radius 2 is 1.71 bits per heavy atom. The predicted octanol–water partition coefficient (Wildman–Crippen LogP) is 4.35. The van der Waals surface area contributed by atoms with Gasteiger partial charge in [-0.05, 0) is 29.0 Å². The number of hydrogen-bond acceptors (Lipinski definition) is 2. The van der Waals surface area contributed by atoms with E-state index in [1.165, 1.54) is 5.56 Å². The SMILES string of the molecule is CC(C)(C)c1cccc(C=NCCc2ccccc2)c1O. The first-order valence-electron chi connectivity index (χ1n) is 7.34. The molecule has 0 unspecified atom stereocenters. The Labute approximate surface area is 127 Å². The van der Waals surface area contributed by atoms with Gasteiger partial charge in [0.05, 0.1) is 0 Å². The summed E-state index contributed by atoms with van der Waals surface area (Å²) in [6.45, 7) is 7.01. The Morgan fingerprint density at radius 1 is 1.00 bits per heavy atom. The third-order valence-electron chi connectivity index (χ3n) is 3.48. The number of phenolic OH excluding ortho intramolecular Hbond substituents is 1. The minimum Gasteiger partial charge on any atom is -0.507 e. The second-order valence-corrected chi connectivity index (χ2v) is 6.26. The molecule has 2 nitrogen and oxygen atoms in total. The molecule has 0 aromatic heterocycles. The van der Waals surface area contributed by atoms with Crippen molar-refractivity contribution >= 4 is 6.21 Å². The molecule has 0 aliphatic heterocycles. The van der Waals surface area contributed by atoms with Crippen LogP contribution in [0.4, 0.5) is 0 Å². The smallest absolute Gasteiger partial charge is 0.128 e. The lowest BCUT2D eigenvalue weighted by molar-refractivity contribution is 0.446. The molecule has 0 radical (unpaired) electrons. The van der Waals surface area contributed by atoms with Crippen molar-refractivity contribution in [2.75, 3.05) is 6.54 Å². The zero-order valence-electron chi connectivity index (χ0n) is 13.0. The molecule has 0 saturated carbocycles. The monoisotopic (exact) mass is 281 g/mol. The summed E-state index contributed by atoms with van der Waals surface area (Å²) in [5, 5.41) is 10.3. The second kappa shape index (κ2) is 6.57. The van der Waals surface area contributed by atoms with Gasteiger partial charge in [-0.1, -0.05) is 63.2 Å². The van der Waals surface area contributed by atoms with Gasteiger partial charge >= 0.3 is 0 Å². The van der Waals surface area contributed by atoms with E-state index >= 15 is 0 Å². The molecule has 0 aliphatic rings. The number of rotatable bonds is 4. The third-order valence-corrected chi connectivity index (χ3v) is 3.48. The zero-order valence-corrected chi connectivity index (χ0v) is 13.0. The normalized spacial score (nSPS) is 12.0.